The fraction of sp³-hybridized carbons (Fsp3) is 0.600. The number of nitrogens with one attached hydrogen (secondary N) is 1. The van der Waals surface area contributed by atoms with E-state index in [4.69, 9.17) is 0 Å². The fourth-order valence-corrected chi connectivity index (χ4v) is 1.19. The molecule has 1 amide bonds. The first kappa shape index (κ1) is 9.96. The summed E-state index contributed by atoms with van der Waals surface area (Å²) in [5, 5.41) is 2.69. The second kappa shape index (κ2) is 4.80. The summed E-state index contributed by atoms with van der Waals surface area (Å²) >= 11 is 0. The van der Waals surface area contributed by atoms with Crippen LogP contribution in [0.3, 0.4) is 0 Å². The number of β-lactam (4-membered cyclic amide) rings is 1. The molecule has 1 aliphatic rings. The molecule has 3 nitrogen and oxygen atoms in total. The standard InChI is InChI=1S/C10H15NO2/c1-8(12)5-3-2-4-6-9-7-11-10(9)13/h2,4,9H,3,5-7H2,1H3,(H,11,13)/b4-2-/t9-/m1/s1. The molecule has 1 heterocycles. The molecule has 0 radical (unpaired) electrons. The maximum absolute atomic E-state index is 10.8. The van der Waals surface area contributed by atoms with E-state index in [2.05, 4.69) is 5.32 Å². The van der Waals surface area contributed by atoms with E-state index in [9.17, 15) is 9.59 Å². The molecule has 0 bridgehead atoms. The van der Waals surface area contributed by atoms with Crippen molar-refractivity contribution >= 4 is 11.7 Å². The van der Waals surface area contributed by atoms with Gasteiger partial charge in [-0.05, 0) is 19.8 Å². The van der Waals surface area contributed by atoms with E-state index in [0.717, 1.165) is 19.4 Å². The van der Waals surface area contributed by atoms with Crippen LogP contribution in [-0.4, -0.2) is 18.2 Å². The summed E-state index contributed by atoms with van der Waals surface area (Å²) in [6.07, 6.45) is 6.18. The van der Waals surface area contributed by atoms with E-state index in [1.807, 2.05) is 12.2 Å². The number of ketones is 1. The van der Waals surface area contributed by atoms with Crippen molar-refractivity contribution in [3.05, 3.63) is 12.2 Å². The van der Waals surface area contributed by atoms with Crippen molar-refractivity contribution in [2.75, 3.05) is 6.54 Å². The molecular weight excluding hydrogens is 166 g/mol. The highest BCUT2D eigenvalue weighted by Crippen LogP contribution is 2.10. The van der Waals surface area contributed by atoms with E-state index in [1.165, 1.54) is 0 Å². The van der Waals surface area contributed by atoms with Gasteiger partial charge >= 0.3 is 0 Å². The number of Topliss-reactive ketones (excluding diaryl/α,β-unsaturated/α-hetero) is 1. The predicted molar refractivity (Wildman–Crippen MR) is 50.2 cm³/mol. The summed E-state index contributed by atoms with van der Waals surface area (Å²) < 4.78 is 0. The van der Waals surface area contributed by atoms with Crippen LogP contribution in [0.25, 0.3) is 0 Å². The van der Waals surface area contributed by atoms with E-state index >= 15 is 0 Å². The average molecular weight is 181 g/mol. The van der Waals surface area contributed by atoms with Crippen LogP contribution in [0.2, 0.25) is 0 Å². The van der Waals surface area contributed by atoms with Gasteiger partial charge in [0, 0.05) is 13.0 Å². The van der Waals surface area contributed by atoms with Crippen molar-refractivity contribution in [3.8, 4) is 0 Å². The fourth-order valence-electron chi connectivity index (χ4n) is 1.19. The van der Waals surface area contributed by atoms with Gasteiger partial charge in [0.1, 0.15) is 5.78 Å². The lowest BCUT2D eigenvalue weighted by molar-refractivity contribution is -0.130. The zero-order chi connectivity index (χ0) is 9.68. The Morgan fingerprint density at radius 2 is 2.38 bits per heavy atom. The number of allylic oxidation sites excluding steroid dienone is 2. The Morgan fingerprint density at radius 1 is 1.62 bits per heavy atom. The Kier molecular flexibility index (Phi) is 3.68. The van der Waals surface area contributed by atoms with Gasteiger partial charge in [0.05, 0.1) is 5.92 Å². The van der Waals surface area contributed by atoms with Crippen molar-refractivity contribution in [1.82, 2.24) is 5.32 Å². The zero-order valence-electron chi connectivity index (χ0n) is 7.88. The monoisotopic (exact) mass is 181 g/mol. The quantitative estimate of drug-likeness (QED) is 0.509. The van der Waals surface area contributed by atoms with Crippen LogP contribution in [-0.2, 0) is 9.59 Å². The van der Waals surface area contributed by atoms with E-state index in [1.54, 1.807) is 6.92 Å². The molecule has 0 aliphatic carbocycles. The molecule has 0 aromatic rings. The van der Waals surface area contributed by atoms with E-state index in [-0.39, 0.29) is 17.6 Å². The highest BCUT2D eigenvalue weighted by atomic mass is 16.2. The van der Waals surface area contributed by atoms with Gasteiger partial charge in [-0.2, -0.15) is 0 Å². The molecule has 0 aromatic carbocycles. The van der Waals surface area contributed by atoms with E-state index in [0.29, 0.717) is 6.42 Å². The molecule has 1 atom stereocenters. The Bertz CT molecular complexity index is 233. The van der Waals surface area contributed by atoms with Gasteiger partial charge in [0.25, 0.3) is 0 Å². The van der Waals surface area contributed by atoms with Crippen LogP contribution in [0.1, 0.15) is 26.2 Å². The highest BCUT2D eigenvalue weighted by molar-refractivity contribution is 5.84. The molecule has 1 fully saturated rings. The Labute approximate surface area is 78.2 Å². The molecule has 1 N–H and O–H groups in total. The Balaban J connectivity index is 2.04. The number of carbonyl (C=O) groups is 2. The minimum atomic E-state index is 0.149. The van der Waals surface area contributed by atoms with Gasteiger partial charge in [0.15, 0.2) is 0 Å². The van der Waals surface area contributed by atoms with Crippen LogP contribution >= 0.6 is 0 Å². The lowest BCUT2D eigenvalue weighted by Gasteiger charge is -2.24. The lowest BCUT2D eigenvalue weighted by Crippen LogP contribution is -2.48. The molecule has 0 saturated carbocycles. The SMILES string of the molecule is CC(=O)CC/C=C\C[C@@H]1CNC1=O. The highest BCUT2D eigenvalue weighted by Gasteiger charge is 2.25. The first-order valence-corrected chi connectivity index (χ1v) is 4.62. The van der Waals surface area contributed by atoms with Crippen molar-refractivity contribution in [2.24, 2.45) is 5.92 Å². The number of hydrogen-bond donors (Lipinski definition) is 1. The molecule has 0 aromatic heterocycles. The third-order valence-electron chi connectivity index (χ3n) is 2.14. The zero-order valence-corrected chi connectivity index (χ0v) is 7.88. The Morgan fingerprint density at radius 3 is 2.85 bits per heavy atom. The summed E-state index contributed by atoms with van der Waals surface area (Å²) in [5.41, 5.74) is 0. The maximum atomic E-state index is 10.8. The third kappa shape index (κ3) is 3.40. The smallest absolute Gasteiger partial charge is 0.225 e. The number of carbonyl (C=O) groups excluding carboxylic acids is 2. The first-order valence-electron chi connectivity index (χ1n) is 4.62. The van der Waals surface area contributed by atoms with E-state index < -0.39 is 0 Å². The predicted octanol–water partition coefficient (Wildman–Crippen LogP) is 1.05. The first-order chi connectivity index (χ1) is 6.20. The molecule has 13 heavy (non-hydrogen) atoms. The third-order valence-corrected chi connectivity index (χ3v) is 2.14. The minimum Gasteiger partial charge on any atom is -0.355 e. The molecule has 0 spiro atoms. The molecule has 0 unspecified atom stereocenters. The molecule has 72 valence electrons. The lowest BCUT2D eigenvalue weighted by atomic mass is 9.98. The Hall–Kier alpha value is -1.12. The maximum Gasteiger partial charge on any atom is 0.225 e. The number of rotatable bonds is 5. The van der Waals surface area contributed by atoms with Gasteiger partial charge in [-0.3, -0.25) is 4.79 Å². The van der Waals surface area contributed by atoms with Crippen molar-refractivity contribution < 1.29 is 9.59 Å². The summed E-state index contributed by atoms with van der Waals surface area (Å²) in [4.78, 5) is 21.4. The van der Waals surface area contributed by atoms with Gasteiger partial charge in [-0.15, -0.1) is 0 Å². The van der Waals surface area contributed by atoms with Crippen molar-refractivity contribution in [1.29, 1.82) is 0 Å². The van der Waals surface area contributed by atoms with Gasteiger partial charge in [0.2, 0.25) is 5.91 Å². The average Bonchev–Trinajstić information content (AvgIpc) is 2.08. The summed E-state index contributed by atoms with van der Waals surface area (Å²) in [6.45, 7) is 2.39. The van der Waals surface area contributed by atoms with Crippen LogP contribution in [0, 0.1) is 5.92 Å². The summed E-state index contributed by atoms with van der Waals surface area (Å²) in [7, 11) is 0. The molecular formula is C10H15NO2. The van der Waals surface area contributed by atoms with Gasteiger partial charge in [-0.1, -0.05) is 12.2 Å². The van der Waals surface area contributed by atoms with Crippen LogP contribution < -0.4 is 5.32 Å². The minimum absolute atomic E-state index is 0.149. The molecule has 1 aliphatic heterocycles. The van der Waals surface area contributed by atoms with Crippen molar-refractivity contribution in [3.63, 3.8) is 0 Å². The molecule has 1 saturated heterocycles. The van der Waals surface area contributed by atoms with Crippen LogP contribution in [0.5, 0.6) is 0 Å². The second-order valence-corrected chi connectivity index (χ2v) is 3.39. The normalized spacial score (nSPS) is 21.3. The van der Waals surface area contributed by atoms with Gasteiger partial charge in [-0.25, -0.2) is 0 Å². The number of hydrogen-bond acceptors (Lipinski definition) is 2. The van der Waals surface area contributed by atoms with Gasteiger partial charge < -0.3 is 10.1 Å². The second-order valence-electron chi connectivity index (χ2n) is 3.39. The van der Waals surface area contributed by atoms with Crippen LogP contribution in [0.15, 0.2) is 12.2 Å². The summed E-state index contributed by atoms with van der Waals surface area (Å²) in [5.74, 6) is 0.538. The van der Waals surface area contributed by atoms with Crippen LogP contribution in [0.4, 0.5) is 0 Å². The topological polar surface area (TPSA) is 46.2 Å². The molecule has 3 heteroatoms. The largest absolute Gasteiger partial charge is 0.355 e. The molecule has 1 rings (SSSR count). The number of amides is 1. The van der Waals surface area contributed by atoms with Crippen molar-refractivity contribution in [2.45, 2.75) is 26.2 Å². The summed E-state index contributed by atoms with van der Waals surface area (Å²) in [6, 6.07) is 0.